The molecule has 1 nitrogen and oxygen atoms in total. The standard InChI is InChI=1S/C15H14ClF2N/c1-9-5-6-11(12(16)7-9)14(19)8-10-3-2-4-13(17)15(10)18/h2-7,14H,8,19H2,1H3. The predicted octanol–water partition coefficient (Wildman–Crippen LogP) is 4.17. The molecule has 100 valence electrons. The molecule has 2 N–H and O–H groups in total. The van der Waals surface area contributed by atoms with Gasteiger partial charge in [0, 0.05) is 11.1 Å². The van der Waals surface area contributed by atoms with Gasteiger partial charge in [0.15, 0.2) is 11.6 Å². The van der Waals surface area contributed by atoms with E-state index >= 15 is 0 Å². The third-order valence-electron chi connectivity index (χ3n) is 3.03. The van der Waals surface area contributed by atoms with E-state index in [-0.39, 0.29) is 12.0 Å². The summed E-state index contributed by atoms with van der Waals surface area (Å²) in [5.41, 5.74) is 8.04. The summed E-state index contributed by atoms with van der Waals surface area (Å²) in [4.78, 5) is 0. The van der Waals surface area contributed by atoms with Gasteiger partial charge in [0.1, 0.15) is 0 Å². The van der Waals surface area contributed by atoms with Gasteiger partial charge >= 0.3 is 0 Å². The summed E-state index contributed by atoms with van der Waals surface area (Å²) in [5, 5.41) is 0.546. The van der Waals surface area contributed by atoms with Gasteiger partial charge in [-0.15, -0.1) is 0 Å². The smallest absolute Gasteiger partial charge is 0.162 e. The van der Waals surface area contributed by atoms with Gasteiger partial charge in [0.05, 0.1) is 0 Å². The Hall–Kier alpha value is -1.45. The van der Waals surface area contributed by atoms with Crippen molar-refractivity contribution >= 4 is 11.6 Å². The molecule has 0 spiro atoms. The van der Waals surface area contributed by atoms with Crippen LogP contribution < -0.4 is 5.73 Å². The van der Waals surface area contributed by atoms with Gasteiger partial charge in [-0.05, 0) is 42.2 Å². The lowest BCUT2D eigenvalue weighted by Crippen LogP contribution is -2.15. The minimum absolute atomic E-state index is 0.201. The Kier molecular flexibility index (Phi) is 4.17. The van der Waals surface area contributed by atoms with E-state index in [2.05, 4.69) is 0 Å². The third-order valence-corrected chi connectivity index (χ3v) is 3.35. The van der Waals surface area contributed by atoms with Gasteiger partial charge in [-0.1, -0.05) is 35.9 Å². The van der Waals surface area contributed by atoms with E-state index in [0.29, 0.717) is 5.02 Å². The van der Waals surface area contributed by atoms with Crippen LogP contribution in [-0.2, 0) is 6.42 Å². The third kappa shape index (κ3) is 3.11. The lowest BCUT2D eigenvalue weighted by Gasteiger charge is -2.15. The second-order valence-electron chi connectivity index (χ2n) is 4.55. The average Bonchev–Trinajstić information content (AvgIpc) is 2.34. The fourth-order valence-electron chi connectivity index (χ4n) is 1.99. The van der Waals surface area contributed by atoms with Gasteiger partial charge < -0.3 is 5.73 Å². The molecule has 4 heteroatoms. The first-order valence-corrected chi connectivity index (χ1v) is 6.31. The first kappa shape index (κ1) is 14.0. The molecule has 2 rings (SSSR count). The van der Waals surface area contributed by atoms with Crippen LogP contribution in [0.5, 0.6) is 0 Å². The minimum Gasteiger partial charge on any atom is -0.324 e. The Morgan fingerprint density at radius 1 is 1.21 bits per heavy atom. The van der Waals surface area contributed by atoms with E-state index in [9.17, 15) is 8.78 Å². The fourth-order valence-corrected chi connectivity index (χ4v) is 2.36. The molecule has 0 amide bonds. The van der Waals surface area contributed by atoms with E-state index in [4.69, 9.17) is 17.3 Å². The van der Waals surface area contributed by atoms with Crippen LogP contribution in [0.25, 0.3) is 0 Å². The Balaban J connectivity index is 2.25. The maximum Gasteiger partial charge on any atom is 0.162 e. The second-order valence-corrected chi connectivity index (χ2v) is 4.96. The molecule has 0 bridgehead atoms. The van der Waals surface area contributed by atoms with Crippen LogP contribution in [0.3, 0.4) is 0 Å². The van der Waals surface area contributed by atoms with Crippen molar-refractivity contribution in [2.75, 3.05) is 0 Å². The summed E-state index contributed by atoms with van der Waals surface area (Å²) in [6.45, 7) is 1.92. The van der Waals surface area contributed by atoms with Crippen molar-refractivity contribution < 1.29 is 8.78 Å². The second kappa shape index (κ2) is 5.68. The Morgan fingerprint density at radius 2 is 1.95 bits per heavy atom. The predicted molar refractivity (Wildman–Crippen MR) is 73.2 cm³/mol. The van der Waals surface area contributed by atoms with Crippen LogP contribution in [-0.4, -0.2) is 0 Å². The van der Waals surface area contributed by atoms with Crippen LogP contribution in [0.15, 0.2) is 36.4 Å². The highest BCUT2D eigenvalue weighted by Crippen LogP contribution is 2.26. The highest BCUT2D eigenvalue weighted by Gasteiger charge is 2.15. The van der Waals surface area contributed by atoms with Crippen LogP contribution in [0.2, 0.25) is 5.02 Å². The largest absolute Gasteiger partial charge is 0.324 e. The Labute approximate surface area is 116 Å². The monoisotopic (exact) mass is 281 g/mol. The SMILES string of the molecule is Cc1ccc(C(N)Cc2cccc(F)c2F)c(Cl)c1. The van der Waals surface area contributed by atoms with Gasteiger partial charge in [0.25, 0.3) is 0 Å². The topological polar surface area (TPSA) is 26.0 Å². The molecule has 0 fully saturated rings. The molecular weight excluding hydrogens is 268 g/mol. The molecule has 19 heavy (non-hydrogen) atoms. The number of halogens is 3. The van der Waals surface area contributed by atoms with Crippen LogP contribution in [0, 0.1) is 18.6 Å². The van der Waals surface area contributed by atoms with Crippen LogP contribution in [0.1, 0.15) is 22.7 Å². The van der Waals surface area contributed by atoms with Gasteiger partial charge in [0.2, 0.25) is 0 Å². The van der Waals surface area contributed by atoms with Gasteiger partial charge in [-0.25, -0.2) is 8.78 Å². The number of aryl methyl sites for hydroxylation is 1. The molecule has 0 saturated heterocycles. The van der Waals surface area contributed by atoms with E-state index in [1.807, 2.05) is 19.1 Å². The summed E-state index contributed by atoms with van der Waals surface area (Å²) in [6, 6.07) is 9.13. The fraction of sp³-hybridized carbons (Fsp3) is 0.200. The van der Waals surface area contributed by atoms with Crippen molar-refractivity contribution in [3.05, 3.63) is 69.7 Å². The number of rotatable bonds is 3. The van der Waals surface area contributed by atoms with Gasteiger partial charge in [-0.2, -0.15) is 0 Å². The average molecular weight is 282 g/mol. The highest BCUT2D eigenvalue weighted by molar-refractivity contribution is 6.31. The lowest BCUT2D eigenvalue weighted by molar-refractivity contribution is 0.494. The highest BCUT2D eigenvalue weighted by atomic mass is 35.5. The number of benzene rings is 2. The zero-order valence-electron chi connectivity index (χ0n) is 10.5. The summed E-state index contributed by atoms with van der Waals surface area (Å²) in [6.07, 6.45) is 0.201. The summed E-state index contributed by atoms with van der Waals surface area (Å²) in [7, 11) is 0. The first-order valence-electron chi connectivity index (χ1n) is 5.93. The van der Waals surface area contributed by atoms with Crippen LogP contribution in [0.4, 0.5) is 8.78 Å². The van der Waals surface area contributed by atoms with Crippen molar-refractivity contribution in [3.63, 3.8) is 0 Å². The van der Waals surface area contributed by atoms with E-state index < -0.39 is 17.7 Å². The molecule has 1 atom stereocenters. The summed E-state index contributed by atoms with van der Waals surface area (Å²) < 4.78 is 26.7. The van der Waals surface area contributed by atoms with Crippen molar-refractivity contribution in [2.24, 2.45) is 5.73 Å². The molecule has 0 heterocycles. The number of hydrogen-bond acceptors (Lipinski definition) is 1. The zero-order valence-corrected chi connectivity index (χ0v) is 11.2. The first-order chi connectivity index (χ1) is 8.99. The maximum absolute atomic E-state index is 13.6. The number of nitrogens with two attached hydrogens (primary N) is 1. The molecule has 0 aromatic heterocycles. The molecule has 1 unspecified atom stereocenters. The Bertz CT molecular complexity index is 599. The van der Waals surface area contributed by atoms with Crippen molar-refractivity contribution in [1.82, 2.24) is 0 Å². The van der Waals surface area contributed by atoms with Crippen molar-refractivity contribution in [2.45, 2.75) is 19.4 Å². The van der Waals surface area contributed by atoms with E-state index in [1.165, 1.54) is 12.1 Å². The van der Waals surface area contributed by atoms with Crippen LogP contribution >= 0.6 is 11.6 Å². The van der Waals surface area contributed by atoms with E-state index in [0.717, 1.165) is 17.2 Å². The zero-order chi connectivity index (χ0) is 14.0. The normalized spacial score (nSPS) is 12.5. The van der Waals surface area contributed by atoms with E-state index in [1.54, 1.807) is 6.07 Å². The maximum atomic E-state index is 13.6. The lowest BCUT2D eigenvalue weighted by atomic mass is 9.98. The number of hydrogen-bond donors (Lipinski definition) is 1. The summed E-state index contributed by atoms with van der Waals surface area (Å²) >= 11 is 6.11. The molecule has 0 radical (unpaired) electrons. The molecular formula is C15H14ClF2N. The summed E-state index contributed by atoms with van der Waals surface area (Å²) in [5.74, 6) is -1.71. The molecule has 2 aromatic carbocycles. The molecule has 2 aromatic rings. The van der Waals surface area contributed by atoms with Crippen molar-refractivity contribution in [1.29, 1.82) is 0 Å². The Morgan fingerprint density at radius 3 is 2.63 bits per heavy atom. The minimum atomic E-state index is -0.861. The quantitative estimate of drug-likeness (QED) is 0.898. The van der Waals surface area contributed by atoms with Crippen molar-refractivity contribution in [3.8, 4) is 0 Å². The molecule has 0 aliphatic heterocycles. The molecule has 0 saturated carbocycles. The van der Waals surface area contributed by atoms with Gasteiger partial charge in [-0.3, -0.25) is 0 Å². The molecule has 0 aliphatic rings. The molecule has 0 aliphatic carbocycles.